The largest absolute Gasteiger partial charge is 0.374 e. The Morgan fingerprint density at radius 1 is 1.55 bits per heavy atom. The maximum Gasteiger partial charge on any atom is 0.240 e. The number of hydrogen-bond donors (Lipinski definition) is 2. The van der Waals surface area contributed by atoms with Gasteiger partial charge in [-0.2, -0.15) is 0 Å². The Balaban J connectivity index is 2.63. The molecular weight excluding hydrogens is 146 g/mol. The zero-order valence-electron chi connectivity index (χ0n) is 6.32. The lowest BCUT2D eigenvalue weighted by atomic mass is 10.6. The Bertz CT molecular complexity index is 233. The van der Waals surface area contributed by atoms with Crippen LogP contribution in [-0.2, 0) is 11.3 Å². The second-order valence-corrected chi connectivity index (χ2v) is 1.98. The minimum Gasteiger partial charge on any atom is -0.374 e. The van der Waals surface area contributed by atoms with Crippen molar-refractivity contribution < 1.29 is 4.74 Å². The standard InChI is InChI=1S/C5H11N5O/c1-2-11-3-4-8-9-5(6)10(4)7/h2-3,7H2,1H3,(H2,6,9). The second kappa shape index (κ2) is 3.20. The first-order valence-corrected chi connectivity index (χ1v) is 3.28. The van der Waals surface area contributed by atoms with Gasteiger partial charge in [0.15, 0.2) is 5.82 Å². The molecular formula is C5H11N5O. The van der Waals surface area contributed by atoms with Gasteiger partial charge in [-0.3, -0.25) is 0 Å². The first-order valence-electron chi connectivity index (χ1n) is 3.28. The molecule has 4 N–H and O–H groups in total. The molecule has 1 rings (SSSR count). The number of nitrogens with two attached hydrogens (primary N) is 2. The molecule has 0 radical (unpaired) electrons. The maximum absolute atomic E-state index is 5.43. The molecule has 0 saturated heterocycles. The molecule has 0 fully saturated rings. The lowest BCUT2D eigenvalue weighted by molar-refractivity contribution is 0.126. The van der Waals surface area contributed by atoms with Crippen LogP contribution in [0.5, 0.6) is 0 Å². The van der Waals surface area contributed by atoms with Crippen LogP contribution in [0.25, 0.3) is 0 Å². The topological polar surface area (TPSA) is 92.0 Å². The summed E-state index contributed by atoms with van der Waals surface area (Å²) in [4.78, 5) is 0. The zero-order valence-corrected chi connectivity index (χ0v) is 6.32. The third-order valence-corrected chi connectivity index (χ3v) is 1.23. The first kappa shape index (κ1) is 7.80. The molecule has 0 aliphatic heterocycles. The fourth-order valence-corrected chi connectivity index (χ4v) is 0.629. The number of ether oxygens (including phenoxy) is 1. The predicted molar refractivity (Wildman–Crippen MR) is 39.9 cm³/mol. The van der Waals surface area contributed by atoms with Crippen LogP contribution in [0.2, 0.25) is 0 Å². The van der Waals surface area contributed by atoms with Gasteiger partial charge >= 0.3 is 0 Å². The fourth-order valence-electron chi connectivity index (χ4n) is 0.629. The van der Waals surface area contributed by atoms with Crippen molar-refractivity contribution in [3.63, 3.8) is 0 Å². The average molecular weight is 157 g/mol. The lowest BCUT2D eigenvalue weighted by Gasteiger charge is -1.99. The minimum atomic E-state index is 0.194. The van der Waals surface area contributed by atoms with Crippen LogP contribution < -0.4 is 11.6 Å². The SMILES string of the molecule is CCOCc1nnc(N)n1N. The second-order valence-electron chi connectivity index (χ2n) is 1.98. The van der Waals surface area contributed by atoms with Gasteiger partial charge in [0.1, 0.15) is 6.61 Å². The molecule has 1 heterocycles. The van der Waals surface area contributed by atoms with E-state index in [9.17, 15) is 0 Å². The number of rotatable bonds is 3. The van der Waals surface area contributed by atoms with E-state index in [0.717, 1.165) is 0 Å². The molecule has 0 bridgehead atoms. The molecule has 1 aromatic heterocycles. The van der Waals surface area contributed by atoms with Gasteiger partial charge in [-0.25, -0.2) is 4.68 Å². The minimum absolute atomic E-state index is 0.194. The molecule has 0 aromatic carbocycles. The van der Waals surface area contributed by atoms with Crippen molar-refractivity contribution in [3.05, 3.63) is 5.82 Å². The van der Waals surface area contributed by atoms with Crippen LogP contribution in [-0.4, -0.2) is 21.5 Å². The third kappa shape index (κ3) is 1.58. The Morgan fingerprint density at radius 3 is 2.73 bits per heavy atom. The highest BCUT2D eigenvalue weighted by atomic mass is 16.5. The Hall–Kier alpha value is -1.30. The molecule has 6 nitrogen and oxygen atoms in total. The van der Waals surface area contributed by atoms with Crippen molar-refractivity contribution in [1.29, 1.82) is 0 Å². The van der Waals surface area contributed by atoms with Crippen molar-refractivity contribution in [2.24, 2.45) is 0 Å². The van der Waals surface area contributed by atoms with Gasteiger partial charge in [0.2, 0.25) is 5.95 Å². The summed E-state index contributed by atoms with van der Waals surface area (Å²) in [6, 6.07) is 0. The first-order chi connectivity index (χ1) is 5.25. The van der Waals surface area contributed by atoms with Gasteiger partial charge in [0, 0.05) is 6.61 Å². The quantitative estimate of drug-likeness (QED) is 0.555. The molecule has 0 unspecified atom stereocenters. The van der Waals surface area contributed by atoms with Crippen LogP contribution in [0.15, 0.2) is 0 Å². The van der Waals surface area contributed by atoms with Crippen LogP contribution in [0.4, 0.5) is 5.95 Å². The van der Waals surface area contributed by atoms with Crippen molar-refractivity contribution in [1.82, 2.24) is 14.9 Å². The summed E-state index contributed by atoms with van der Waals surface area (Å²) in [5, 5.41) is 7.25. The van der Waals surface area contributed by atoms with E-state index >= 15 is 0 Å². The number of nitrogens with zero attached hydrogens (tertiary/aromatic N) is 3. The van der Waals surface area contributed by atoms with Crippen LogP contribution >= 0.6 is 0 Å². The Labute approximate surface area is 64.1 Å². The number of anilines is 1. The average Bonchev–Trinajstić information content (AvgIpc) is 2.31. The van der Waals surface area contributed by atoms with E-state index in [-0.39, 0.29) is 5.95 Å². The van der Waals surface area contributed by atoms with Crippen molar-refractivity contribution in [2.75, 3.05) is 18.2 Å². The molecule has 1 aromatic rings. The van der Waals surface area contributed by atoms with Crippen LogP contribution in [0.3, 0.4) is 0 Å². The number of nitrogen functional groups attached to an aromatic ring is 2. The molecule has 0 spiro atoms. The summed E-state index contributed by atoms with van der Waals surface area (Å²) in [6.45, 7) is 2.85. The molecule has 11 heavy (non-hydrogen) atoms. The van der Waals surface area contributed by atoms with E-state index in [1.165, 1.54) is 4.68 Å². The molecule has 0 amide bonds. The van der Waals surface area contributed by atoms with E-state index in [0.29, 0.717) is 19.0 Å². The van der Waals surface area contributed by atoms with Crippen molar-refractivity contribution in [2.45, 2.75) is 13.5 Å². The van der Waals surface area contributed by atoms with E-state index < -0.39 is 0 Å². The van der Waals surface area contributed by atoms with Crippen molar-refractivity contribution in [3.8, 4) is 0 Å². The van der Waals surface area contributed by atoms with Gasteiger partial charge in [0.05, 0.1) is 0 Å². The molecule has 0 aliphatic rings. The summed E-state index contributed by atoms with van der Waals surface area (Å²) in [7, 11) is 0. The number of hydrogen-bond acceptors (Lipinski definition) is 5. The summed E-state index contributed by atoms with van der Waals surface area (Å²) in [5.74, 6) is 6.16. The van der Waals surface area contributed by atoms with Crippen LogP contribution in [0, 0.1) is 0 Å². The molecule has 6 heteroatoms. The van der Waals surface area contributed by atoms with Gasteiger partial charge in [0.25, 0.3) is 0 Å². The Morgan fingerprint density at radius 2 is 2.27 bits per heavy atom. The van der Waals surface area contributed by atoms with Gasteiger partial charge in [-0.05, 0) is 6.92 Å². The summed E-state index contributed by atoms with van der Waals surface area (Å²) in [5.41, 5.74) is 5.32. The van der Waals surface area contributed by atoms with Gasteiger partial charge in [-0.1, -0.05) is 0 Å². The third-order valence-electron chi connectivity index (χ3n) is 1.23. The Kier molecular flexibility index (Phi) is 2.27. The fraction of sp³-hybridized carbons (Fsp3) is 0.600. The summed E-state index contributed by atoms with van der Waals surface area (Å²) in [6.07, 6.45) is 0. The molecule has 0 aliphatic carbocycles. The maximum atomic E-state index is 5.43. The highest BCUT2D eigenvalue weighted by molar-refractivity contribution is 5.16. The summed E-state index contributed by atoms with van der Waals surface area (Å²) >= 11 is 0. The summed E-state index contributed by atoms with van der Waals surface area (Å²) < 4.78 is 6.26. The zero-order chi connectivity index (χ0) is 8.27. The monoisotopic (exact) mass is 157 g/mol. The molecule has 0 saturated carbocycles. The number of aromatic nitrogens is 3. The van der Waals surface area contributed by atoms with E-state index in [1.54, 1.807) is 0 Å². The van der Waals surface area contributed by atoms with Crippen molar-refractivity contribution >= 4 is 5.95 Å². The molecule has 62 valence electrons. The normalized spacial score (nSPS) is 10.3. The molecule has 0 atom stereocenters. The smallest absolute Gasteiger partial charge is 0.240 e. The van der Waals surface area contributed by atoms with Crippen LogP contribution in [0.1, 0.15) is 12.7 Å². The highest BCUT2D eigenvalue weighted by Gasteiger charge is 2.04. The van der Waals surface area contributed by atoms with E-state index in [2.05, 4.69) is 10.2 Å². The lowest BCUT2D eigenvalue weighted by Crippen LogP contribution is -2.16. The van der Waals surface area contributed by atoms with Gasteiger partial charge in [-0.15, -0.1) is 10.2 Å². The van der Waals surface area contributed by atoms with E-state index in [4.69, 9.17) is 16.3 Å². The predicted octanol–water partition coefficient (Wildman–Crippen LogP) is -0.889. The van der Waals surface area contributed by atoms with E-state index in [1.807, 2.05) is 6.92 Å². The highest BCUT2D eigenvalue weighted by Crippen LogP contribution is 1.98. The van der Waals surface area contributed by atoms with Gasteiger partial charge < -0.3 is 16.3 Å².